The minimum absolute atomic E-state index is 0.136. The summed E-state index contributed by atoms with van der Waals surface area (Å²) in [5.41, 5.74) is 2.04. The molecular formula is C20H25FN2O. The van der Waals surface area contributed by atoms with Crippen LogP contribution >= 0.6 is 0 Å². The van der Waals surface area contributed by atoms with E-state index in [0.717, 1.165) is 38.2 Å². The maximum atomic E-state index is 13.9. The van der Waals surface area contributed by atoms with Crippen LogP contribution in [0.25, 0.3) is 0 Å². The van der Waals surface area contributed by atoms with Crippen molar-refractivity contribution in [2.45, 2.75) is 25.6 Å². The summed E-state index contributed by atoms with van der Waals surface area (Å²) in [5.74, 6) is -0.136. The van der Waals surface area contributed by atoms with Crippen LogP contribution in [-0.4, -0.2) is 47.2 Å². The van der Waals surface area contributed by atoms with Gasteiger partial charge < -0.3 is 5.11 Å². The summed E-state index contributed by atoms with van der Waals surface area (Å²) < 4.78 is 13.9. The van der Waals surface area contributed by atoms with E-state index in [9.17, 15) is 9.50 Å². The SMILES string of the molecule is OCC[C@H]1CN(Cc2ccccc2F)CCN1Cc1ccccc1. The van der Waals surface area contributed by atoms with Crippen molar-refractivity contribution in [3.63, 3.8) is 0 Å². The van der Waals surface area contributed by atoms with Crippen molar-refractivity contribution in [1.82, 2.24) is 9.80 Å². The third-order valence-corrected chi connectivity index (χ3v) is 4.73. The Balaban J connectivity index is 1.63. The number of halogens is 1. The normalized spacial score (nSPS) is 19.5. The number of aliphatic hydroxyl groups is 1. The Bertz CT molecular complexity index is 635. The average Bonchev–Trinajstić information content (AvgIpc) is 2.60. The minimum Gasteiger partial charge on any atom is -0.396 e. The van der Waals surface area contributed by atoms with E-state index in [1.165, 1.54) is 11.6 Å². The molecule has 0 radical (unpaired) electrons. The highest BCUT2D eigenvalue weighted by Gasteiger charge is 2.26. The van der Waals surface area contributed by atoms with Gasteiger partial charge in [-0.15, -0.1) is 0 Å². The Hall–Kier alpha value is -1.75. The molecule has 24 heavy (non-hydrogen) atoms. The first kappa shape index (κ1) is 17.1. The zero-order valence-electron chi connectivity index (χ0n) is 13.9. The molecule has 1 fully saturated rings. The molecule has 1 saturated heterocycles. The highest BCUT2D eigenvalue weighted by atomic mass is 19.1. The molecule has 2 aromatic carbocycles. The quantitative estimate of drug-likeness (QED) is 0.883. The van der Waals surface area contributed by atoms with E-state index >= 15 is 0 Å². The number of rotatable bonds is 6. The number of nitrogens with zero attached hydrogens (tertiary/aromatic N) is 2. The molecule has 0 spiro atoms. The number of hydrogen-bond donors (Lipinski definition) is 1. The van der Waals surface area contributed by atoms with Crippen molar-refractivity contribution in [1.29, 1.82) is 0 Å². The van der Waals surface area contributed by atoms with Gasteiger partial charge in [0.25, 0.3) is 0 Å². The van der Waals surface area contributed by atoms with Crippen molar-refractivity contribution in [2.75, 3.05) is 26.2 Å². The molecule has 1 atom stereocenters. The molecule has 0 aromatic heterocycles. The first-order chi connectivity index (χ1) is 11.8. The van der Waals surface area contributed by atoms with Crippen LogP contribution in [0.15, 0.2) is 54.6 Å². The molecule has 0 bridgehead atoms. The van der Waals surface area contributed by atoms with Gasteiger partial charge in [0.1, 0.15) is 5.82 Å². The second-order valence-corrected chi connectivity index (χ2v) is 6.45. The number of piperazine rings is 1. The van der Waals surface area contributed by atoms with Crippen molar-refractivity contribution in [2.24, 2.45) is 0 Å². The van der Waals surface area contributed by atoms with Gasteiger partial charge >= 0.3 is 0 Å². The lowest BCUT2D eigenvalue weighted by atomic mass is 10.1. The maximum Gasteiger partial charge on any atom is 0.127 e. The van der Waals surface area contributed by atoms with Gasteiger partial charge in [0, 0.05) is 50.9 Å². The summed E-state index contributed by atoms with van der Waals surface area (Å²) in [7, 11) is 0. The second kappa shape index (κ2) is 8.38. The molecule has 4 heteroatoms. The minimum atomic E-state index is -0.136. The molecule has 2 aromatic rings. The number of hydrogen-bond acceptors (Lipinski definition) is 3. The molecule has 0 unspecified atom stereocenters. The summed E-state index contributed by atoms with van der Waals surface area (Å²) in [6.45, 7) is 4.44. The maximum absolute atomic E-state index is 13.9. The molecule has 0 saturated carbocycles. The van der Waals surface area contributed by atoms with Gasteiger partial charge in [-0.3, -0.25) is 9.80 Å². The summed E-state index contributed by atoms with van der Waals surface area (Å²) >= 11 is 0. The standard InChI is InChI=1S/C20H25FN2O/c21-20-9-5-4-8-18(20)15-22-11-12-23(19(16-22)10-13-24)14-17-6-2-1-3-7-17/h1-9,19,24H,10-16H2/t19-/m0/s1. The molecule has 3 nitrogen and oxygen atoms in total. The molecule has 0 amide bonds. The van der Waals surface area contributed by atoms with Crippen LogP contribution in [0.5, 0.6) is 0 Å². The summed E-state index contributed by atoms with van der Waals surface area (Å²) in [6, 6.07) is 17.7. The van der Waals surface area contributed by atoms with Gasteiger partial charge in [-0.25, -0.2) is 4.39 Å². The Morgan fingerprint density at radius 2 is 1.71 bits per heavy atom. The highest BCUT2D eigenvalue weighted by Crippen LogP contribution is 2.19. The summed E-state index contributed by atoms with van der Waals surface area (Å²) in [5, 5.41) is 9.42. The monoisotopic (exact) mass is 328 g/mol. The summed E-state index contributed by atoms with van der Waals surface area (Å²) in [4.78, 5) is 4.73. The van der Waals surface area contributed by atoms with Crippen LogP contribution in [-0.2, 0) is 13.1 Å². The van der Waals surface area contributed by atoms with Crippen LogP contribution in [0.2, 0.25) is 0 Å². The van der Waals surface area contributed by atoms with Crippen LogP contribution in [0, 0.1) is 5.82 Å². The predicted octanol–water partition coefficient (Wildman–Crippen LogP) is 2.89. The molecule has 1 heterocycles. The largest absolute Gasteiger partial charge is 0.396 e. The fraction of sp³-hybridized carbons (Fsp3) is 0.400. The smallest absolute Gasteiger partial charge is 0.127 e. The lowest BCUT2D eigenvalue weighted by Crippen LogP contribution is -2.52. The van der Waals surface area contributed by atoms with Gasteiger partial charge in [-0.1, -0.05) is 48.5 Å². The fourth-order valence-electron chi connectivity index (χ4n) is 3.42. The Morgan fingerprint density at radius 3 is 2.46 bits per heavy atom. The molecule has 3 rings (SSSR count). The molecule has 0 aliphatic carbocycles. The van der Waals surface area contributed by atoms with E-state index in [1.807, 2.05) is 18.2 Å². The van der Waals surface area contributed by atoms with Crippen LogP contribution in [0.4, 0.5) is 4.39 Å². The van der Waals surface area contributed by atoms with Gasteiger partial charge in [0.2, 0.25) is 0 Å². The van der Waals surface area contributed by atoms with Crippen LogP contribution in [0.1, 0.15) is 17.5 Å². The predicted molar refractivity (Wildman–Crippen MR) is 94.0 cm³/mol. The molecule has 128 valence electrons. The van der Waals surface area contributed by atoms with Gasteiger partial charge in [-0.05, 0) is 18.1 Å². The zero-order valence-corrected chi connectivity index (χ0v) is 13.9. The Kier molecular flexibility index (Phi) is 5.96. The lowest BCUT2D eigenvalue weighted by molar-refractivity contribution is 0.0495. The molecule has 1 aliphatic rings. The Morgan fingerprint density at radius 1 is 0.958 bits per heavy atom. The third-order valence-electron chi connectivity index (χ3n) is 4.73. The van der Waals surface area contributed by atoms with E-state index in [2.05, 4.69) is 34.1 Å². The van der Waals surface area contributed by atoms with Crippen molar-refractivity contribution >= 4 is 0 Å². The van der Waals surface area contributed by atoms with Gasteiger partial charge in [0.05, 0.1) is 0 Å². The first-order valence-corrected chi connectivity index (χ1v) is 8.61. The summed E-state index contributed by atoms with van der Waals surface area (Å²) in [6.07, 6.45) is 0.751. The van der Waals surface area contributed by atoms with E-state index in [0.29, 0.717) is 12.6 Å². The van der Waals surface area contributed by atoms with Crippen LogP contribution in [0.3, 0.4) is 0 Å². The number of benzene rings is 2. The van der Waals surface area contributed by atoms with Crippen LogP contribution < -0.4 is 0 Å². The van der Waals surface area contributed by atoms with Crippen molar-refractivity contribution in [3.05, 3.63) is 71.5 Å². The fourth-order valence-corrected chi connectivity index (χ4v) is 3.42. The van der Waals surface area contributed by atoms with E-state index in [-0.39, 0.29) is 12.4 Å². The Labute approximate surface area is 143 Å². The van der Waals surface area contributed by atoms with Gasteiger partial charge in [0.15, 0.2) is 0 Å². The van der Waals surface area contributed by atoms with E-state index in [1.54, 1.807) is 6.07 Å². The molecular weight excluding hydrogens is 303 g/mol. The highest BCUT2D eigenvalue weighted by molar-refractivity contribution is 5.17. The molecule has 1 aliphatic heterocycles. The molecule has 1 N–H and O–H groups in total. The number of aliphatic hydroxyl groups excluding tert-OH is 1. The second-order valence-electron chi connectivity index (χ2n) is 6.45. The average molecular weight is 328 g/mol. The van der Waals surface area contributed by atoms with E-state index in [4.69, 9.17) is 0 Å². The van der Waals surface area contributed by atoms with Gasteiger partial charge in [-0.2, -0.15) is 0 Å². The first-order valence-electron chi connectivity index (χ1n) is 8.61. The zero-order chi connectivity index (χ0) is 16.8. The van der Waals surface area contributed by atoms with Crippen molar-refractivity contribution < 1.29 is 9.50 Å². The van der Waals surface area contributed by atoms with E-state index < -0.39 is 0 Å². The topological polar surface area (TPSA) is 26.7 Å². The lowest BCUT2D eigenvalue weighted by Gasteiger charge is -2.41. The van der Waals surface area contributed by atoms with Crippen molar-refractivity contribution in [3.8, 4) is 0 Å². The third kappa shape index (κ3) is 4.41.